The maximum Gasteiger partial charge on any atom is 0.142 e. The molecule has 0 atom stereocenters. The van der Waals surface area contributed by atoms with E-state index in [0.717, 1.165) is 34.6 Å². The summed E-state index contributed by atoms with van der Waals surface area (Å²) in [7, 11) is 1.62. The molecule has 0 spiro atoms. The van der Waals surface area contributed by atoms with Crippen LogP contribution in [-0.4, -0.2) is 18.7 Å². The smallest absolute Gasteiger partial charge is 0.142 e. The lowest BCUT2D eigenvalue weighted by Crippen LogP contribution is -2.00. The van der Waals surface area contributed by atoms with Crippen LogP contribution >= 0.6 is 0 Å². The predicted molar refractivity (Wildman–Crippen MR) is 125 cm³/mol. The summed E-state index contributed by atoms with van der Waals surface area (Å²) in [6.45, 7) is 2.93. The Hall–Kier alpha value is -3.52. The van der Waals surface area contributed by atoms with Crippen LogP contribution in [0.25, 0.3) is 22.4 Å². The number of methoxy groups -OCH3 is 1. The van der Waals surface area contributed by atoms with E-state index in [1.165, 1.54) is 25.7 Å². The van der Waals surface area contributed by atoms with Gasteiger partial charge in [0, 0.05) is 11.1 Å². The Labute approximate surface area is 184 Å². The summed E-state index contributed by atoms with van der Waals surface area (Å²) in [4.78, 5) is 4.44. The van der Waals surface area contributed by atoms with E-state index < -0.39 is 0 Å². The second-order valence-electron chi connectivity index (χ2n) is 7.45. The van der Waals surface area contributed by atoms with Crippen LogP contribution in [0.2, 0.25) is 0 Å². The zero-order valence-electron chi connectivity index (χ0n) is 18.2. The highest BCUT2D eigenvalue weighted by Gasteiger charge is 2.14. The molecular weight excluding hydrogens is 386 g/mol. The van der Waals surface area contributed by atoms with E-state index >= 15 is 0 Å². The number of nitrogen functional groups attached to an aromatic ring is 1. The molecule has 3 rings (SSSR count). The minimum atomic E-state index is 0.213. The van der Waals surface area contributed by atoms with Gasteiger partial charge in [0.25, 0.3) is 0 Å². The lowest BCUT2D eigenvalue weighted by molar-refractivity contribution is 0.304. The Morgan fingerprint density at radius 2 is 1.71 bits per heavy atom. The molecule has 2 N–H and O–H groups in total. The molecule has 0 aliphatic rings. The molecule has 0 aliphatic heterocycles. The van der Waals surface area contributed by atoms with Crippen molar-refractivity contribution in [1.29, 1.82) is 5.26 Å². The molecule has 1 heterocycles. The molecule has 0 saturated carbocycles. The summed E-state index contributed by atoms with van der Waals surface area (Å²) in [6, 6.07) is 19.5. The molecule has 0 aliphatic carbocycles. The molecule has 31 heavy (non-hydrogen) atoms. The molecule has 0 amide bonds. The van der Waals surface area contributed by atoms with Crippen molar-refractivity contribution in [3.8, 4) is 40.0 Å². The average Bonchev–Trinajstić information content (AvgIpc) is 2.81. The van der Waals surface area contributed by atoms with Gasteiger partial charge in [0.05, 0.1) is 19.4 Å². The minimum Gasteiger partial charge on any atom is -0.497 e. The fraction of sp³-hybridized carbons (Fsp3) is 0.308. The van der Waals surface area contributed by atoms with Gasteiger partial charge in [-0.25, -0.2) is 4.98 Å². The topological polar surface area (TPSA) is 81.2 Å². The number of aromatic nitrogens is 1. The summed E-state index contributed by atoms with van der Waals surface area (Å²) in [5.74, 6) is 1.78. The highest BCUT2D eigenvalue weighted by Crippen LogP contribution is 2.33. The number of nitrogens with two attached hydrogens (primary N) is 1. The molecule has 0 bridgehead atoms. The quantitative estimate of drug-likeness (QED) is 0.397. The van der Waals surface area contributed by atoms with E-state index in [9.17, 15) is 5.26 Å². The molecule has 2 aromatic carbocycles. The monoisotopic (exact) mass is 415 g/mol. The number of hydrogen-bond acceptors (Lipinski definition) is 5. The van der Waals surface area contributed by atoms with E-state index in [1.54, 1.807) is 7.11 Å². The van der Waals surface area contributed by atoms with Crippen molar-refractivity contribution in [3.63, 3.8) is 0 Å². The van der Waals surface area contributed by atoms with Crippen LogP contribution in [0.5, 0.6) is 11.5 Å². The summed E-state index contributed by atoms with van der Waals surface area (Å²) in [6.07, 6.45) is 6.04. The zero-order valence-corrected chi connectivity index (χ0v) is 18.2. The lowest BCUT2D eigenvalue weighted by Gasteiger charge is -2.12. The third-order valence-corrected chi connectivity index (χ3v) is 5.21. The number of nitriles is 1. The van der Waals surface area contributed by atoms with E-state index in [2.05, 4.69) is 18.0 Å². The molecule has 160 valence electrons. The lowest BCUT2D eigenvalue weighted by atomic mass is 9.98. The number of anilines is 1. The fourth-order valence-electron chi connectivity index (χ4n) is 3.47. The molecule has 0 saturated heterocycles. The van der Waals surface area contributed by atoms with Crippen molar-refractivity contribution in [1.82, 2.24) is 4.98 Å². The van der Waals surface area contributed by atoms with Crippen molar-refractivity contribution in [2.75, 3.05) is 19.5 Å². The Kier molecular flexibility index (Phi) is 7.89. The molecule has 5 heteroatoms. The van der Waals surface area contributed by atoms with Crippen LogP contribution in [0.3, 0.4) is 0 Å². The highest BCUT2D eigenvalue weighted by molar-refractivity contribution is 5.80. The Morgan fingerprint density at radius 3 is 2.42 bits per heavy atom. The largest absolute Gasteiger partial charge is 0.497 e. The normalized spacial score (nSPS) is 10.5. The predicted octanol–water partition coefficient (Wildman–Crippen LogP) is 6.23. The maximum atomic E-state index is 9.65. The number of unbranched alkanes of at least 4 members (excludes halogenated alkanes) is 4. The van der Waals surface area contributed by atoms with Gasteiger partial charge in [-0.1, -0.05) is 56.9 Å². The molecule has 3 aromatic rings. The van der Waals surface area contributed by atoms with Gasteiger partial charge in [0.1, 0.15) is 28.9 Å². The van der Waals surface area contributed by atoms with E-state index in [4.69, 9.17) is 15.2 Å². The molecule has 0 radical (unpaired) electrons. The first-order valence-corrected chi connectivity index (χ1v) is 10.7. The van der Waals surface area contributed by atoms with Crippen LogP contribution < -0.4 is 15.2 Å². The van der Waals surface area contributed by atoms with Crippen LogP contribution in [0.1, 0.15) is 44.6 Å². The molecular formula is C26H29N3O2. The third kappa shape index (κ3) is 5.76. The average molecular weight is 416 g/mol. The minimum absolute atomic E-state index is 0.213. The third-order valence-electron chi connectivity index (χ3n) is 5.21. The van der Waals surface area contributed by atoms with Gasteiger partial charge in [-0.15, -0.1) is 0 Å². The number of benzene rings is 2. The van der Waals surface area contributed by atoms with Crippen molar-refractivity contribution in [2.24, 2.45) is 0 Å². The number of hydrogen-bond donors (Lipinski definition) is 1. The van der Waals surface area contributed by atoms with E-state index in [0.29, 0.717) is 17.9 Å². The van der Waals surface area contributed by atoms with E-state index in [-0.39, 0.29) is 5.82 Å². The van der Waals surface area contributed by atoms with Gasteiger partial charge >= 0.3 is 0 Å². The first-order chi connectivity index (χ1) is 15.2. The summed E-state index contributed by atoms with van der Waals surface area (Å²) in [5, 5.41) is 9.65. The first kappa shape index (κ1) is 22.2. The number of nitrogens with zero attached hydrogens (tertiary/aromatic N) is 2. The van der Waals surface area contributed by atoms with Crippen LogP contribution in [-0.2, 0) is 0 Å². The second-order valence-corrected chi connectivity index (χ2v) is 7.45. The number of ether oxygens (including phenoxy) is 2. The van der Waals surface area contributed by atoms with Crippen LogP contribution in [0, 0.1) is 11.3 Å². The number of pyridine rings is 1. The van der Waals surface area contributed by atoms with Gasteiger partial charge in [-0.05, 0) is 42.3 Å². The van der Waals surface area contributed by atoms with Crippen molar-refractivity contribution >= 4 is 5.82 Å². The SMILES string of the molecule is CCCCCCCOc1ccc(-c2cc(-c3cccc(OC)c3)nc(N)c2C#N)cc1. The maximum absolute atomic E-state index is 9.65. The summed E-state index contributed by atoms with van der Waals surface area (Å²) in [5.41, 5.74) is 9.72. The second kappa shape index (κ2) is 11.0. The molecule has 0 unspecified atom stereocenters. The summed E-state index contributed by atoms with van der Waals surface area (Å²) < 4.78 is 11.2. The highest BCUT2D eigenvalue weighted by atomic mass is 16.5. The molecule has 5 nitrogen and oxygen atoms in total. The van der Waals surface area contributed by atoms with Crippen molar-refractivity contribution in [2.45, 2.75) is 39.0 Å². The van der Waals surface area contributed by atoms with Gasteiger partial charge in [0.15, 0.2) is 0 Å². The standard InChI is InChI=1S/C26H29N3O2/c1-3-4-5-6-7-15-31-21-13-11-19(12-14-21)23-17-25(29-26(28)24(23)18-27)20-9-8-10-22(16-20)30-2/h8-14,16-17H,3-7,15H2,1-2H3,(H2,28,29). The Morgan fingerprint density at radius 1 is 0.935 bits per heavy atom. The van der Waals surface area contributed by atoms with Crippen LogP contribution in [0.15, 0.2) is 54.6 Å². The van der Waals surface area contributed by atoms with Gasteiger partial charge in [-0.3, -0.25) is 0 Å². The van der Waals surface area contributed by atoms with E-state index in [1.807, 2.05) is 54.6 Å². The van der Waals surface area contributed by atoms with Gasteiger partial charge in [-0.2, -0.15) is 5.26 Å². The Balaban J connectivity index is 1.81. The summed E-state index contributed by atoms with van der Waals surface area (Å²) >= 11 is 0. The fourth-order valence-corrected chi connectivity index (χ4v) is 3.47. The Bertz CT molecular complexity index is 1040. The van der Waals surface area contributed by atoms with Gasteiger partial charge in [0.2, 0.25) is 0 Å². The van der Waals surface area contributed by atoms with Crippen molar-refractivity contribution < 1.29 is 9.47 Å². The van der Waals surface area contributed by atoms with Crippen molar-refractivity contribution in [3.05, 3.63) is 60.2 Å². The zero-order chi connectivity index (χ0) is 22.1. The van der Waals surface area contributed by atoms with Gasteiger partial charge < -0.3 is 15.2 Å². The van der Waals surface area contributed by atoms with Crippen LogP contribution in [0.4, 0.5) is 5.82 Å². The first-order valence-electron chi connectivity index (χ1n) is 10.7. The number of rotatable bonds is 10. The molecule has 1 aromatic heterocycles. The molecule has 0 fully saturated rings.